The van der Waals surface area contributed by atoms with Crippen LogP contribution in [-0.4, -0.2) is 4.57 Å². The minimum Gasteiger partial charge on any atom is -0.489 e. The molecule has 0 amide bonds. The zero-order valence-corrected chi connectivity index (χ0v) is 20.9. The number of rotatable bonds is 8. The van der Waals surface area contributed by atoms with Gasteiger partial charge in [-0.15, -0.1) is 0 Å². The second-order valence-electron chi connectivity index (χ2n) is 8.80. The quantitative estimate of drug-likeness (QED) is 0.231. The molecule has 0 unspecified atom stereocenters. The Balaban J connectivity index is 1.38. The van der Waals surface area contributed by atoms with Crippen molar-refractivity contribution in [1.82, 2.24) is 4.57 Å². The number of hydrogen-bond donors (Lipinski definition) is 0. The molecule has 0 atom stereocenters. The van der Waals surface area contributed by atoms with E-state index < -0.39 is 0 Å². The molecule has 1 aromatic heterocycles. The highest BCUT2D eigenvalue weighted by Crippen LogP contribution is 2.18. The molecule has 0 radical (unpaired) electrons. The average molecular weight is 498 g/mol. The highest BCUT2D eigenvalue weighted by Gasteiger charge is 2.11. The van der Waals surface area contributed by atoms with Gasteiger partial charge in [0.15, 0.2) is 0 Å². The number of ether oxygens (including phenoxy) is 2. The highest BCUT2D eigenvalue weighted by atomic mass is 16.5. The summed E-state index contributed by atoms with van der Waals surface area (Å²) in [5, 5.41) is 0. The third-order valence-electron chi connectivity index (χ3n) is 5.99. The summed E-state index contributed by atoms with van der Waals surface area (Å²) in [5.41, 5.74) is 4.10. The maximum absolute atomic E-state index is 13.5. The van der Waals surface area contributed by atoms with Crippen molar-refractivity contribution in [3.63, 3.8) is 0 Å². The van der Waals surface area contributed by atoms with E-state index >= 15 is 0 Å². The summed E-state index contributed by atoms with van der Waals surface area (Å²) in [6.07, 6.45) is 1.76. The Kier molecular flexibility index (Phi) is 7.98. The first kappa shape index (κ1) is 24.7. The maximum atomic E-state index is 13.5. The molecule has 4 nitrogen and oxygen atoms in total. The molecule has 38 heavy (non-hydrogen) atoms. The van der Waals surface area contributed by atoms with Gasteiger partial charge in [0.1, 0.15) is 30.3 Å². The van der Waals surface area contributed by atoms with Gasteiger partial charge in [0, 0.05) is 11.8 Å². The van der Waals surface area contributed by atoms with Gasteiger partial charge in [-0.2, -0.15) is 0 Å². The van der Waals surface area contributed by atoms with E-state index in [1.807, 2.05) is 121 Å². The molecule has 0 N–H and O–H groups in total. The van der Waals surface area contributed by atoms with Gasteiger partial charge >= 0.3 is 0 Å². The molecule has 0 spiro atoms. The van der Waals surface area contributed by atoms with Crippen LogP contribution in [0.15, 0.2) is 132 Å². The zero-order valence-electron chi connectivity index (χ0n) is 20.9. The molecular formula is C34H27NO3. The van der Waals surface area contributed by atoms with Crippen LogP contribution < -0.4 is 15.0 Å². The maximum Gasteiger partial charge on any atom is 0.270 e. The Morgan fingerprint density at radius 2 is 1.13 bits per heavy atom. The van der Waals surface area contributed by atoms with Crippen LogP contribution >= 0.6 is 0 Å². The van der Waals surface area contributed by atoms with E-state index in [1.54, 1.807) is 10.8 Å². The van der Waals surface area contributed by atoms with Crippen LogP contribution in [0.1, 0.15) is 27.8 Å². The van der Waals surface area contributed by atoms with Gasteiger partial charge in [0.2, 0.25) is 0 Å². The number of pyridine rings is 1. The molecule has 4 aromatic carbocycles. The first-order valence-corrected chi connectivity index (χ1v) is 12.5. The Morgan fingerprint density at radius 3 is 1.74 bits per heavy atom. The van der Waals surface area contributed by atoms with Crippen LogP contribution in [0.2, 0.25) is 0 Å². The summed E-state index contributed by atoms with van der Waals surface area (Å²) >= 11 is 0. The van der Waals surface area contributed by atoms with Crippen LogP contribution in [0, 0.1) is 11.8 Å². The van der Waals surface area contributed by atoms with Crippen molar-refractivity contribution in [3.05, 3.63) is 166 Å². The van der Waals surface area contributed by atoms with Crippen LogP contribution in [-0.2, 0) is 19.8 Å². The van der Waals surface area contributed by atoms with Gasteiger partial charge in [0.05, 0.1) is 6.54 Å². The SMILES string of the molecule is O=c1c(C#Cc2ccc(OCc3ccccc3)cc2)c(OCc2ccccc2)ccn1Cc1ccccc1. The summed E-state index contributed by atoms with van der Waals surface area (Å²) in [6.45, 7) is 1.31. The average Bonchev–Trinajstić information content (AvgIpc) is 2.98. The van der Waals surface area contributed by atoms with Crippen molar-refractivity contribution in [3.8, 4) is 23.3 Å². The minimum atomic E-state index is -0.185. The van der Waals surface area contributed by atoms with Crippen molar-refractivity contribution in [2.75, 3.05) is 0 Å². The predicted octanol–water partition coefficient (Wildman–Crippen LogP) is 6.45. The molecule has 5 rings (SSSR count). The van der Waals surface area contributed by atoms with E-state index in [0.29, 0.717) is 31.1 Å². The van der Waals surface area contributed by atoms with Gasteiger partial charge in [-0.25, -0.2) is 0 Å². The number of aromatic nitrogens is 1. The Morgan fingerprint density at radius 1 is 0.579 bits per heavy atom. The summed E-state index contributed by atoms with van der Waals surface area (Å²) in [4.78, 5) is 13.5. The van der Waals surface area contributed by atoms with Crippen molar-refractivity contribution < 1.29 is 9.47 Å². The number of nitrogens with zero attached hydrogens (tertiary/aromatic N) is 1. The smallest absolute Gasteiger partial charge is 0.270 e. The van der Waals surface area contributed by atoms with Crippen molar-refractivity contribution in [2.45, 2.75) is 19.8 Å². The molecule has 4 heteroatoms. The lowest BCUT2D eigenvalue weighted by Gasteiger charge is -2.12. The molecule has 5 aromatic rings. The number of benzene rings is 4. The molecule has 0 aliphatic rings. The molecule has 0 fully saturated rings. The van der Waals surface area contributed by atoms with E-state index in [0.717, 1.165) is 28.0 Å². The third kappa shape index (κ3) is 6.60. The Hall–Kier alpha value is -5.01. The van der Waals surface area contributed by atoms with Crippen LogP contribution in [0.3, 0.4) is 0 Å². The van der Waals surface area contributed by atoms with Gasteiger partial charge < -0.3 is 14.0 Å². The fourth-order valence-corrected chi connectivity index (χ4v) is 3.94. The second kappa shape index (κ2) is 12.3. The van der Waals surface area contributed by atoms with Crippen molar-refractivity contribution in [2.24, 2.45) is 0 Å². The molecular weight excluding hydrogens is 470 g/mol. The van der Waals surface area contributed by atoms with Gasteiger partial charge in [0.25, 0.3) is 5.56 Å². The molecule has 0 saturated carbocycles. The Bertz CT molecular complexity index is 1580. The lowest BCUT2D eigenvalue weighted by atomic mass is 10.1. The van der Waals surface area contributed by atoms with E-state index in [1.165, 1.54) is 0 Å². The van der Waals surface area contributed by atoms with Gasteiger partial charge in [-0.1, -0.05) is 103 Å². The molecule has 186 valence electrons. The van der Waals surface area contributed by atoms with Gasteiger partial charge in [-0.3, -0.25) is 4.79 Å². The molecule has 0 aliphatic carbocycles. The minimum absolute atomic E-state index is 0.185. The molecule has 0 saturated heterocycles. The lowest BCUT2D eigenvalue weighted by Crippen LogP contribution is -2.23. The second-order valence-corrected chi connectivity index (χ2v) is 8.80. The van der Waals surface area contributed by atoms with Crippen LogP contribution in [0.5, 0.6) is 11.5 Å². The lowest BCUT2D eigenvalue weighted by molar-refractivity contribution is 0.304. The molecule has 1 heterocycles. The Labute approximate surface area is 222 Å². The highest BCUT2D eigenvalue weighted by molar-refractivity contribution is 5.49. The monoisotopic (exact) mass is 497 g/mol. The van der Waals surface area contributed by atoms with E-state index in [2.05, 4.69) is 11.8 Å². The third-order valence-corrected chi connectivity index (χ3v) is 5.99. The molecule has 0 bridgehead atoms. The standard InChI is InChI=1S/C34H27NO3/c36-34-32(21-18-27-16-19-31(20-17-27)37-25-29-12-6-2-7-13-29)33(38-26-30-14-8-3-9-15-30)22-23-35(34)24-28-10-4-1-5-11-28/h1-17,19-20,22-23H,24-26H2. The van der Waals surface area contributed by atoms with E-state index in [9.17, 15) is 4.79 Å². The zero-order chi connectivity index (χ0) is 26.0. The summed E-state index contributed by atoms with van der Waals surface area (Å²) < 4.78 is 13.6. The summed E-state index contributed by atoms with van der Waals surface area (Å²) in [5.74, 6) is 7.45. The van der Waals surface area contributed by atoms with Crippen LogP contribution in [0.4, 0.5) is 0 Å². The van der Waals surface area contributed by atoms with Crippen molar-refractivity contribution in [1.29, 1.82) is 0 Å². The van der Waals surface area contributed by atoms with Gasteiger partial charge in [-0.05, 0) is 47.0 Å². The first-order chi connectivity index (χ1) is 18.7. The molecule has 0 aliphatic heterocycles. The number of hydrogen-bond acceptors (Lipinski definition) is 3. The largest absolute Gasteiger partial charge is 0.489 e. The van der Waals surface area contributed by atoms with Crippen LogP contribution in [0.25, 0.3) is 0 Å². The normalized spacial score (nSPS) is 10.3. The predicted molar refractivity (Wildman–Crippen MR) is 150 cm³/mol. The summed E-state index contributed by atoms with van der Waals surface area (Å²) in [7, 11) is 0. The fraction of sp³-hybridized carbons (Fsp3) is 0.0882. The topological polar surface area (TPSA) is 40.5 Å². The first-order valence-electron chi connectivity index (χ1n) is 12.5. The fourth-order valence-electron chi connectivity index (χ4n) is 3.94. The van der Waals surface area contributed by atoms with E-state index in [-0.39, 0.29) is 5.56 Å². The van der Waals surface area contributed by atoms with E-state index in [4.69, 9.17) is 9.47 Å². The van der Waals surface area contributed by atoms with Crippen molar-refractivity contribution >= 4 is 0 Å². The summed E-state index contributed by atoms with van der Waals surface area (Å²) in [6, 6.07) is 39.2.